The second-order valence-electron chi connectivity index (χ2n) is 7.56. The molecule has 2 aliphatic heterocycles. The van der Waals surface area contributed by atoms with Crippen LogP contribution in [0.1, 0.15) is 31.1 Å². The summed E-state index contributed by atoms with van der Waals surface area (Å²) >= 11 is 5.86. The smallest absolute Gasteiger partial charge is 0.327 e. The van der Waals surface area contributed by atoms with Gasteiger partial charge in [0, 0.05) is 30.2 Å². The van der Waals surface area contributed by atoms with Gasteiger partial charge in [-0.25, -0.2) is 4.79 Å². The van der Waals surface area contributed by atoms with Crippen molar-refractivity contribution in [3.05, 3.63) is 34.9 Å². The quantitative estimate of drug-likeness (QED) is 0.732. The van der Waals surface area contributed by atoms with Crippen LogP contribution < -0.4 is 5.32 Å². The Hall–Kier alpha value is -2.61. The first kappa shape index (κ1) is 21.1. The van der Waals surface area contributed by atoms with Crippen molar-refractivity contribution in [2.45, 2.75) is 32.9 Å². The molecule has 0 radical (unpaired) electrons. The fraction of sp³-hybridized carbons (Fsp3) is 0.500. The molecule has 2 atom stereocenters. The number of carbonyl (C=O) groups is 4. The summed E-state index contributed by atoms with van der Waals surface area (Å²) in [5.74, 6) is -1.04. The van der Waals surface area contributed by atoms with E-state index in [2.05, 4.69) is 5.32 Å². The maximum atomic E-state index is 13.2. The average molecular weight is 421 g/mol. The molecule has 1 aromatic carbocycles. The van der Waals surface area contributed by atoms with Crippen LogP contribution in [0.2, 0.25) is 5.02 Å². The van der Waals surface area contributed by atoms with Crippen LogP contribution in [0.4, 0.5) is 4.79 Å². The first-order valence-electron chi connectivity index (χ1n) is 9.71. The highest BCUT2D eigenvalue weighted by Crippen LogP contribution is 2.23. The van der Waals surface area contributed by atoms with Gasteiger partial charge in [0.25, 0.3) is 11.8 Å². The number of amides is 5. The number of urea groups is 1. The zero-order valence-electron chi connectivity index (χ0n) is 16.7. The number of fused-ring (bicyclic) bond motifs is 1. The lowest BCUT2D eigenvalue weighted by Crippen LogP contribution is -2.59. The number of rotatable bonds is 5. The zero-order chi connectivity index (χ0) is 21.3. The van der Waals surface area contributed by atoms with E-state index in [1.165, 1.54) is 9.80 Å². The third kappa shape index (κ3) is 4.07. The molecule has 2 fully saturated rings. The molecule has 9 heteroatoms. The van der Waals surface area contributed by atoms with Crippen LogP contribution in [-0.4, -0.2) is 76.7 Å². The van der Waals surface area contributed by atoms with E-state index in [0.717, 1.165) is 0 Å². The Morgan fingerprint density at radius 3 is 2.41 bits per heavy atom. The molecule has 0 bridgehead atoms. The van der Waals surface area contributed by atoms with Crippen LogP contribution in [0.25, 0.3) is 0 Å². The summed E-state index contributed by atoms with van der Waals surface area (Å²) < 4.78 is 0. The van der Waals surface area contributed by atoms with Crippen molar-refractivity contribution in [2.24, 2.45) is 5.92 Å². The molecule has 0 aliphatic carbocycles. The van der Waals surface area contributed by atoms with Crippen LogP contribution in [0.15, 0.2) is 24.3 Å². The van der Waals surface area contributed by atoms with Crippen molar-refractivity contribution in [3.8, 4) is 0 Å². The second-order valence-corrected chi connectivity index (χ2v) is 8.00. The Bertz CT molecular complexity index is 826. The number of nitrogens with one attached hydrogen (secondary N) is 1. The molecular formula is C20H25ClN4O4. The lowest BCUT2D eigenvalue weighted by atomic mass is 10.0. The first-order chi connectivity index (χ1) is 13.7. The van der Waals surface area contributed by atoms with E-state index in [4.69, 9.17) is 11.6 Å². The maximum absolute atomic E-state index is 13.2. The number of benzene rings is 1. The molecule has 3 rings (SSSR count). The Morgan fingerprint density at radius 1 is 1.17 bits per heavy atom. The first-order valence-corrected chi connectivity index (χ1v) is 10.1. The second kappa shape index (κ2) is 8.41. The Balaban J connectivity index is 1.71. The van der Waals surface area contributed by atoms with Crippen molar-refractivity contribution in [1.29, 1.82) is 0 Å². The molecule has 1 N–H and O–H groups in total. The van der Waals surface area contributed by atoms with Gasteiger partial charge >= 0.3 is 6.03 Å². The van der Waals surface area contributed by atoms with E-state index in [-0.39, 0.29) is 36.2 Å². The van der Waals surface area contributed by atoms with E-state index in [9.17, 15) is 19.2 Å². The number of nitrogens with zero attached hydrogens (tertiary/aromatic N) is 3. The predicted octanol–water partition coefficient (Wildman–Crippen LogP) is 1.59. The number of piperazine rings is 1. The van der Waals surface area contributed by atoms with Crippen molar-refractivity contribution < 1.29 is 19.2 Å². The zero-order valence-corrected chi connectivity index (χ0v) is 17.5. The van der Waals surface area contributed by atoms with E-state index >= 15 is 0 Å². The number of hydrogen-bond donors (Lipinski definition) is 1. The van der Waals surface area contributed by atoms with Crippen LogP contribution in [0, 0.1) is 5.92 Å². The summed E-state index contributed by atoms with van der Waals surface area (Å²) in [6, 6.07) is 4.74. The molecule has 0 unspecified atom stereocenters. The molecular weight excluding hydrogens is 396 g/mol. The average Bonchev–Trinajstić information content (AvgIpc) is 2.95. The highest BCUT2D eigenvalue weighted by atomic mass is 35.5. The van der Waals surface area contributed by atoms with E-state index in [1.807, 2.05) is 13.8 Å². The van der Waals surface area contributed by atoms with Gasteiger partial charge in [-0.1, -0.05) is 25.4 Å². The standard InChI is InChI=1S/C20H25ClN4O4/c1-4-24-18(27)15-11-23(9-10-25(15)20(24)29)19(28)16(12(2)3)22-17(26)13-5-7-14(21)8-6-13/h5-8,12,15-16H,4,9-11H2,1-3H3,(H,22,26)/t15-,16-/m0/s1. The number of hydrogen-bond acceptors (Lipinski definition) is 4. The third-order valence-corrected chi connectivity index (χ3v) is 5.61. The molecule has 29 heavy (non-hydrogen) atoms. The minimum atomic E-state index is -0.737. The molecule has 0 spiro atoms. The van der Waals surface area contributed by atoms with Crippen molar-refractivity contribution >= 4 is 35.4 Å². The molecule has 1 aromatic rings. The van der Waals surface area contributed by atoms with Gasteiger partial charge in [-0.15, -0.1) is 0 Å². The summed E-state index contributed by atoms with van der Waals surface area (Å²) in [7, 11) is 0. The number of halogens is 1. The summed E-state index contributed by atoms with van der Waals surface area (Å²) in [5, 5.41) is 3.32. The van der Waals surface area contributed by atoms with Gasteiger partial charge in [0.15, 0.2) is 0 Å². The number of imide groups is 1. The Labute approximate surface area is 174 Å². The molecule has 2 aliphatic rings. The van der Waals surface area contributed by atoms with E-state index < -0.39 is 12.1 Å². The maximum Gasteiger partial charge on any atom is 0.327 e. The minimum Gasteiger partial charge on any atom is -0.340 e. The lowest BCUT2D eigenvalue weighted by Gasteiger charge is -2.37. The number of likely N-dealkylation sites (N-methyl/N-ethyl adjacent to an activating group) is 1. The Kier molecular flexibility index (Phi) is 6.12. The highest BCUT2D eigenvalue weighted by Gasteiger charge is 2.48. The fourth-order valence-corrected chi connectivity index (χ4v) is 3.81. The summed E-state index contributed by atoms with van der Waals surface area (Å²) in [5.41, 5.74) is 0.410. The van der Waals surface area contributed by atoms with Gasteiger partial charge in [-0.2, -0.15) is 0 Å². The van der Waals surface area contributed by atoms with E-state index in [0.29, 0.717) is 30.2 Å². The van der Waals surface area contributed by atoms with Gasteiger partial charge in [-0.3, -0.25) is 19.3 Å². The fourth-order valence-electron chi connectivity index (χ4n) is 3.68. The topological polar surface area (TPSA) is 90.0 Å². The molecule has 0 saturated carbocycles. The normalized spacial score (nSPS) is 20.2. The molecule has 5 amide bonds. The highest BCUT2D eigenvalue weighted by molar-refractivity contribution is 6.30. The van der Waals surface area contributed by atoms with Gasteiger partial charge in [0.2, 0.25) is 5.91 Å². The number of carbonyl (C=O) groups excluding carboxylic acids is 4. The molecule has 156 valence electrons. The van der Waals surface area contributed by atoms with Crippen molar-refractivity contribution in [3.63, 3.8) is 0 Å². The van der Waals surface area contributed by atoms with Crippen LogP contribution in [0.5, 0.6) is 0 Å². The van der Waals surface area contributed by atoms with Crippen LogP contribution in [-0.2, 0) is 9.59 Å². The molecule has 8 nitrogen and oxygen atoms in total. The Morgan fingerprint density at radius 2 is 1.83 bits per heavy atom. The minimum absolute atomic E-state index is 0.139. The van der Waals surface area contributed by atoms with Crippen LogP contribution >= 0.6 is 11.6 Å². The lowest BCUT2D eigenvalue weighted by molar-refractivity contribution is -0.138. The van der Waals surface area contributed by atoms with Gasteiger partial charge in [0.05, 0.1) is 6.54 Å². The third-order valence-electron chi connectivity index (χ3n) is 5.36. The van der Waals surface area contributed by atoms with Gasteiger partial charge in [0.1, 0.15) is 12.1 Å². The van der Waals surface area contributed by atoms with Crippen molar-refractivity contribution in [1.82, 2.24) is 20.0 Å². The molecule has 0 aromatic heterocycles. The van der Waals surface area contributed by atoms with Gasteiger partial charge in [-0.05, 0) is 37.1 Å². The summed E-state index contributed by atoms with van der Waals surface area (Å²) in [4.78, 5) is 54.8. The predicted molar refractivity (Wildman–Crippen MR) is 107 cm³/mol. The van der Waals surface area contributed by atoms with Crippen LogP contribution in [0.3, 0.4) is 0 Å². The van der Waals surface area contributed by atoms with E-state index in [1.54, 1.807) is 36.1 Å². The molecule has 2 heterocycles. The SMILES string of the molecule is CCN1C(=O)[C@@H]2CN(C(=O)[C@@H](NC(=O)c3ccc(Cl)cc3)C(C)C)CCN2C1=O. The monoisotopic (exact) mass is 420 g/mol. The summed E-state index contributed by atoms with van der Waals surface area (Å²) in [6.07, 6.45) is 0. The van der Waals surface area contributed by atoms with Crippen molar-refractivity contribution in [2.75, 3.05) is 26.2 Å². The summed E-state index contributed by atoms with van der Waals surface area (Å²) in [6.45, 7) is 6.52. The molecule has 2 saturated heterocycles. The van der Waals surface area contributed by atoms with Gasteiger partial charge < -0.3 is 15.1 Å². The largest absolute Gasteiger partial charge is 0.340 e.